The van der Waals surface area contributed by atoms with Gasteiger partial charge in [-0.05, 0) is 19.1 Å². The largest absolute Gasteiger partial charge is 0.504 e. The lowest BCUT2D eigenvalue weighted by Gasteiger charge is -2.09. The monoisotopic (exact) mass is 222 g/mol. The third-order valence-electron chi connectivity index (χ3n) is 1.97. The van der Waals surface area contributed by atoms with E-state index in [0.29, 0.717) is 24.0 Å². The standard InChI is InChI=1S/C12H14O4/c1-2-16-11-7-9(8-14)6-10(12(11)15)4-3-5-13/h3-4,6-8,13,15H,2,5H2,1H3. The zero-order valence-corrected chi connectivity index (χ0v) is 9.01. The van der Waals surface area contributed by atoms with Crippen molar-refractivity contribution in [1.29, 1.82) is 0 Å². The number of aromatic hydroxyl groups is 1. The quantitative estimate of drug-likeness (QED) is 0.743. The second-order valence-corrected chi connectivity index (χ2v) is 3.09. The van der Waals surface area contributed by atoms with Crippen LogP contribution in [0, 0.1) is 0 Å². The summed E-state index contributed by atoms with van der Waals surface area (Å²) in [5.41, 5.74) is 0.862. The summed E-state index contributed by atoms with van der Waals surface area (Å²) in [6.45, 7) is 2.06. The fraction of sp³-hybridized carbons (Fsp3) is 0.250. The van der Waals surface area contributed by atoms with Crippen LogP contribution < -0.4 is 4.74 Å². The van der Waals surface area contributed by atoms with Gasteiger partial charge in [-0.2, -0.15) is 0 Å². The van der Waals surface area contributed by atoms with Crippen LogP contribution in [0.3, 0.4) is 0 Å². The summed E-state index contributed by atoms with van der Waals surface area (Å²) in [6.07, 6.45) is 3.68. The van der Waals surface area contributed by atoms with Crippen LogP contribution in [0.25, 0.3) is 6.08 Å². The molecule has 0 radical (unpaired) electrons. The maximum Gasteiger partial charge on any atom is 0.165 e. The number of hydrogen-bond donors (Lipinski definition) is 2. The van der Waals surface area contributed by atoms with E-state index in [4.69, 9.17) is 9.84 Å². The number of benzene rings is 1. The van der Waals surface area contributed by atoms with Gasteiger partial charge in [0.1, 0.15) is 6.29 Å². The highest BCUT2D eigenvalue weighted by molar-refractivity contribution is 5.79. The van der Waals surface area contributed by atoms with E-state index in [9.17, 15) is 9.90 Å². The Morgan fingerprint density at radius 2 is 2.19 bits per heavy atom. The second kappa shape index (κ2) is 5.92. The van der Waals surface area contributed by atoms with E-state index in [0.717, 1.165) is 0 Å². The number of rotatable bonds is 5. The van der Waals surface area contributed by atoms with Crippen LogP contribution in [0.1, 0.15) is 22.8 Å². The fourth-order valence-corrected chi connectivity index (χ4v) is 1.29. The van der Waals surface area contributed by atoms with Gasteiger partial charge in [0.25, 0.3) is 0 Å². The van der Waals surface area contributed by atoms with E-state index in [1.165, 1.54) is 24.3 Å². The number of carbonyl (C=O) groups is 1. The zero-order valence-electron chi connectivity index (χ0n) is 9.01. The Morgan fingerprint density at radius 3 is 2.75 bits per heavy atom. The lowest BCUT2D eigenvalue weighted by molar-refractivity contribution is 0.112. The van der Waals surface area contributed by atoms with Gasteiger partial charge in [-0.15, -0.1) is 0 Å². The van der Waals surface area contributed by atoms with Crippen molar-refractivity contribution in [1.82, 2.24) is 0 Å². The number of phenolic OH excluding ortho intramolecular Hbond substituents is 1. The van der Waals surface area contributed by atoms with Crippen LogP contribution in [0.4, 0.5) is 0 Å². The molecule has 0 spiro atoms. The first kappa shape index (κ1) is 12.3. The summed E-state index contributed by atoms with van der Waals surface area (Å²) < 4.78 is 5.19. The van der Waals surface area contributed by atoms with Gasteiger partial charge in [0.15, 0.2) is 11.5 Å². The molecule has 0 atom stereocenters. The summed E-state index contributed by atoms with van der Waals surface area (Å²) >= 11 is 0. The van der Waals surface area contributed by atoms with E-state index in [1.807, 2.05) is 0 Å². The predicted molar refractivity (Wildman–Crippen MR) is 60.8 cm³/mol. The number of aliphatic hydroxyl groups excluding tert-OH is 1. The van der Waals surface area contributed by atoms with Crippen LogP contribution in [0.5, 0.6) is 11.5 Å². The molecule has 4 nitrogen and oxygen atoms in total. The van der Waals surface area contributed by atoms with E-state index in [1.54, 1.807) is 6.92 Å². The molecule has 0 aliphatic rings. The Bertz CT molecular complexity index is 396. The molecule has 86 valence electrons. The molecular formula is C12H14O4. The number of aliphatic hydroxyl groups is 1. The Morgan fingerprint density at radius 1 is 1.44 bits per heavy atom. The average Bonchev–Trinajstić information content (AvgIpc) is 2.30. The Balaban J connectivity index is 3.19. The SMILES string of the molecule is CCOc1cc(C=O)cc(C=CCO)c1O. The highest BCUT2D eigenvalue weighted by atomic mass is 16.5. The lowest BCUT2D eigenvalue weighted by atomic mass is 10.1. The number of ether oxygens (including phenoxy) is 1. The maximum absolute atomic E-state index is 10.7. The maximum atomic E-state index is 10.7. The summed E-state index contributed by atoms with van der Waals surface area (Å²) in [7, 11) is 0. The van der Waals surface area contributed by atoms with Crippen molar-refractivity contribution in [2.45, 2.75) is 6.92 Å². The first-order chi connectivity index (χ1) is 7.72. The highest BCUT2D eigenvalue weighted by Gasteiger charge is 2.08. The van der Waals surface area contributed by atoms with Crippen LogP contribution >= 0.6 is 0 Å². The fourth-order valence-electron chi connectivity index (χ4n) is 1.29. The van der Waals surface area contributed by atoms with E-state index in [-0.39, 0.29) is 18.1 Å². The molecule has 1 aromatic rings. The molecule has 0 aliphatic heterocycles. The molecule has 0 unspecified atom stereocenters. The van der Waals surface area contributed by atoms with Crippen LogP contribution in [-0.2, 0) is 0 Å². The first-order valence-electron chi connectivity index (χ1n) is 4.95. The molecule has 4 heteroatoms. The molecule has 0 saturated carbocycles. The smallest absolute Gasteiger partial charge is 0.165 e. The van der Waals surface area contributed by atoms with Crippen molar-refractivity contribution >= 4 is 12.4 Å². The van der Waals surface area contributed by atoms with Crippen molar-refractivity contribution < 1.29 is 19.7 Å². The van der Waals surface area contributed by atoms with Crippen LogP contribution in [-0.4, -0.2) is 29.7 Å². The minimum Gasteiger partial charge on any atom is -0.504 e. The number of aldehydes is 1. The molecule has 16 heavy (non-hydrogen) atoms. The summed E-state index contributed by atoms with van der Waals surface area (Å²) in [5, 5.41) is 18.4. The van der Waals surface area contributed by atoms with E-state index in [2.05, 4.69) is 0 Å². The third kappa shape index (κ3) is 2.84. The molecule has 1 rings (SSSR count). The Labute approximate surface area is 93.8 Å². The van der Waals surface area contributed by atoms with E-state index < -0.39 is 0 Å². The van der Waals surface area contributed by atoms with E-state index >= 15 is 0 Å². The van der Waals surface area contributed by atoms with Gasteiger partial charge < -0.3 is 14.9 Å². The van der Waals surface area contributed by atoms with Crippen molar-refractivity contribution in [3.63, 3.8) is 0 Å². The zero-order chi connectivity index (χ0) is 12.0. The molecule has 2 N–H and O–H groups in total. The van der Waals surface area contributed by atoms with Gasteiger partial charge in [-0.1, -0.05) is 12.2 Å². The summed E-state index contributed by atoms with van der Waals surface area (Å²) in [6, 6.07) is 3.00. The topological polar surface area (TPSA) is 66.8 Å². The number of carbonyl (C=O) groups excluding carboxylic acids is 1. The third-order valence-corrected chi connectivity index (χ3v) is 1.97. The minimum absolute atomic E-state index is 0.0304. The Kier molecular flexibility index (Phi) is 4.54. The molecule has 1 aromatic carbocycles. The number of phenols is 1. The normalized spacial score (nSPS) is 10.6. The highest BCUT2D eigenvalue weighted by Crippen LogP contribution is 2.32. The average molecular weight is 222 g/mol. The summed E-state index contributed by atoms with van der Waals surface area (Å²) in [4.78, 5) is 10.7. The number of hydrogen-bond acceptors (Lipinski definition) is 4. The van der Waals surface area contributed by atoms with Gasteiger partial charge in [-0.3, -0.25) is 4.79 Å². The molecule has 0 saturated heterocycles. The molecule has 0 aromatic heterocycles. The van der Waals surface area contributed by atoms with Crippen molar-refractivity contribution in [3.8, 4) is 11.5 Å². The van der Waals surface area contributed by atoms with Crippen molar-refractivity contribution in [2.75, 3.05) is 13.2 Å². The summed E-state index contributed by atoms with van der Waals surface area (Å²) in [5.74, 6) is 0.238. The lowest BCUT2D eigenvalue weighted by Crippen LogP contribution is -1.95. The molecule has 0 heterocycles. The van der Waals surface area contributed by atoms with Crippen LogP contribution in [0.15, 0.2) is 18.2 Å². The first-order valence-corrected chi connectivity index (χ1v) is 4.95. The molecule has 0 amide bonds. The minimum atomic E-state index is -0.130. The molecular weight excluding hydrogens is 208 g/mol. The van der Waals surface area contributed by atoms with Crippen molar-refractivity contribution in [3.05, 3.63) is 29.3 Å². The van der Waals surface area contributed by atoms with Crippen molar-refractivity contribution in [2.24, 2.45) is 0 Å². The van der Waals surface area contributed by atoms with Crippen LogP contribution in [0.2, 0.25) is 0 Å². The van der Waals surface area contributed by atoms with Gasteiger partial charge in [-0.25, -0.2) is 0 Å². The van der Waals surface area contributed by atoms with Gasteiger partial charge in [0.05, 0.1) is 13.2 Å². The van der Waals surface area contributed by atoms with Gasteiger partial charge in [0, 0.05) is 11.1 Å². The van der Waals surface area contributed by atoms with Gasteiger partial charge in [0.2, 0.25) is 0 Å². The Hall–Kier alpha value is -1.81. The molecule has 0 bridgehead atoms. The van der Waals surface area contributed by atoms with Gasteiger partial charge >= 0.3 is 0 Å². The molecule has 0 fully saturated rings. The predicted octanol–water partition coefficient (Wildman–Crippen LogP) is 1.61. The second-order valence-electron chi connectivity index (χ2n) is 3.09. The molecule has 0 aliphatic carbocycles.